The minimum Gasteiger partial charge on any atom is -0.404 e. The van der Waals surface area contributed by atoms with Crippen molar-refractivity contribution < 1.29 is 9.53 Å². The third kappa shape index (κ3) is 4.81. The molecule has 0 spiro atoms. The molecule has 2 nitrogen and oxygen atoms in total. The van der Waals surface area contributed by atoms with Gasteiger partial charge in [-0.3, -0.25) is 0 Å². The molecule has 0 bridgehead atoms. The van der Waals surface area contributed by atoms with Gasteiger partial charge in [-0.15, -0.1) is 0 Å². The van der Waals surface area contributed by atoms with E-state index in [2.05, 4.69) is 16.8 Å². The van der Waals surface area contributed by atoms with Gasteiger partial charge in [0.1, 0.15) is 6.11 Å². The summed E-state index contributed by atoms with van der Waals surface area (Å²) in [6.45, 7) is 1.61. The van der Waals surface area contributed by atoms with Crippen LogP contribution >= 0.6 is 0 Å². The highest BCUT2D eigenvalue weighted by Crippen LogP contribution is 1.61. The lowest BCUT2D eigenvalue weighted by atomic mass is 10.8. The van der Waals surface area contributed by atoms with E-state index < -0.39 is 0 Å². The highest BCUT2D eigenvalue weighted by molar-refractivity contribution is 5.42. The summed E-state index contributed by atoms with van der Waals surface area (Å²) in [7, 11) is 0. The summed E-state index contributed by atoms with van der Waals surface area (Å²) in [6, 6.07) is 0. The number of rotatable bonds is 1. The molecule has 0 aliphatic carbocycles. The molecule has 0 aromatic heterocycles. The van der Waals surface area contributed by atoms with Crippen molar-refractivity contribution in [3.63, 3.8) is 0 Å². The van der Waals surface area contributed by atoms with Crippen molar-refractivity contribution >= 4 is 5.94 Å². The molecule has 0 aliphatic rings. The Kier molecular flexibility index (Phi) is 3.99. The minimum absolute atomic E-state index is 0.858. The van der Waals surface area contributed by atoms with Gasteiger partial charge in [-0.2, -0.15) is 0 Å². The van der Waals surface area contributed by atoms with Crippen LogP contribution in [0.4, 0.5) is 0 Å². The normalized spacial score (nSPS) is 4.71. The molecule has 0 unspecified atom stereocenters. The molecule has 7 heavy (non-hydrogen) atoms. The van der Waals surface area contributed by atoms with Crippen LogP contribution in [0.1, 0.15) is 6.92 Å². The van der Waals surface area contributed by atoms with E-state index >= 15 is 0 Å². The Balaban J connectivity index is 3.27. The summed E-state index contributed by atoms with van der Waals surface area (Å²) in [5.41, 5.74) is 0. The minimum atomic E-state index is 0.858. The first-order valence-corrected chi connectivity index (χ1v) is 1.68. The van der Waals surface area contributed by atoms with Crippen LogP contribution < -0.4 is 0 Å². The van der Waals surface area contributed by atoms with Crippen molar-refractivity contribution in [3.05, 3.63) is 6.26 Å². The Morgan fingerprint density at radius 2 is 2.43 bits per heavy atom. The van der Waals surface area contributed by atoms with Crippen LogP contribution in [0.5, 0.6) is 0 Å². The van der Waals surface area contributed by atoms with E-state index in [1.165, 1.54) is 5.94 Å². The molecule has 0 atom stereocenters. The van der Waals surface area contributed by atoms with Gasteiger partial charge in [-0.1, -0.05) is 5.92 Å². The Bertz CT molecular complexity index is 132. The van der Waals surface area contributed by atoms with Crippen molar-refractivity contribution in [1.82, 2.24) is 0 Å². The van der Waals surface area contributed by atoms with E-state index in [-0.39, 0.29) is 0 Å². The van der Waals surface area contributed by atoms with Crippen molar-refractivity contribution in [3.8, 4) is 12.0 Å². The maximum Gasteiger partial charge on any atom is 0.187 e. The SMILES string of the molecule is CC#COC=C=O. The second kappa shape index (κ2) is 4.81. The van der Waals surface area contributed by atoms with Crippen LogP contribution in [0.25, 0.3) is 0 Å². The second-order valence-electron chi connectivity index (χ2n) is 0.706. The topological polar surface area (TPSA) is 26.3 Å². The van der Waals surface area contributed by atoms with Gasteiger partial charge in [0.2, 0.25) is 0 Å². The van der Waals surface area contributed by atoms with Crippen molar-refractivity contribution in [2.75, 3.05) is 0 Å². The van der Waals surface area contributed by atoms with Gasteiger partial charge in [0.15, 0.2) is 12.2 Å². The quantitative estimate of drug-likeness (QED) is 0.267. The molecule has 0 fully saturated rings. The highest BCUT2D eigenvalue weighted by atomic mass is 16.5. The van der Waals surface area contributed by atoms with Gasteiger partial charge in [0, 0.05) is 6.92 Å². The van der Waals surface area contributed by atoms with E-state index in [0.29, 0.717) is 0 Å². The third-order valence-corrected chi connectivity index (χ3v) is 0.268. The fraction of sp³-hybridized carbons (Fsp3) is 0.200. The zero-order chi connectivity index (χ0) is 5.54. The number of carbonyl (C=O) groups excluding carboxylic acids is 1. The average molecular weight is 96.1 g/mol. The van der Waals surface area contributed by atoms with Crippen LogP contribution in [-0.2, 0) is 9.53 Å². The first kappa shape index (κ1) is 5.81. The van der Waals surface area contributed by atoms with Gasteiger partial charge in [-0.25, -0.2) is 4.79 Å². The van der Waals surface area contributed by atoms with Crippen molar-refractivity contribution in [1.29, 1.82) is 0 Å². The van der Waals surface area contributed by atoms with E-state index in [1.54, 1.807) is 6.92 Å². The predicted molar refractivity (Wildman–Crippen MR) is 24.8 cm³/mol. The van der Waals surface area contributed by atoms with Gasteiger partial charge in [0.05, 0.1) is 0 Å². The summed E-state index contributed by atoms with van der Waals surface area (Å²) < 4.78 is 4.22. The summed E-state index contributed by atoms with van der Waals surface area (Å²) in [6.07, 6.45) is 3.04. The van der Waals surface area contributed by atoms with Gasteiger partial charge in [-0.05, 0) is 0 Å². The summed E-state index contributed by atoms with van der Waals surface area (Å²) in [4.78, 5) is 9.31. The smallest absolute Gasteiger partial charge is 0.187 e. The Morgan fingerprint density at radius 1 is 1.71 bits per heavy atom. The molecular weight excluding hydrogens is 92.1 g/mol. The molecule has 0 aliphatic heterocycles. The van der Waals surface area contributed by atoms with Gasteiger partial charge in [0.25, 0.3) is 0 Å². The summed E-state index contributed by atoms with van der Waals surface area (Å²) in [5, 5.41) is 0. The monoisotopic (exact) mass is 96.0 g/mol. The molecule has 0 amide bonds. The molecule has 0 aromatic rings. The van der Waals surface area contributed by atoms with E-state index in [1.807, 2.05) is 0 Å². The Labute approximate surface area is 41.8 Å². The summed E-state index contributed by atoms with van der Waals surface area (Å²) >= 11 is 0. The standard InChI is InChI=1S/C5H4O2/c1-2-4-7-5-3-6/h5H,1H3. The fourth-order valence-electron chi connectivity index (χ4n) is 0.112. The zero-order valence-corrected chi connectivity index (χ0v) is 3.89. The average Bonchev–Trinajstić information content (AvgIpc) is 1.69. The fourth-order valence-corrected chi connectivity index (χ4v) is 0.112. The van der Waals surface area contributed by atoms with Crippen LogP contribution in [0, 0.1) is 12.0 Å². The van der Waals surface area contributed by atoms with E-state index in [4.69, 9.17) is 0 Å². The molecule has 0 aromatic carbocycles. The molecule has 0 saturated heterocycles. The van der Waals surface area contributed by atoms with E-state index in [9.17, 15) is 4.79 Å². The maximum absolute atomic E-state index is 9.31. The second-order valence-corrected chi connectivity index (χ2v) is 0.706. The first-order chi connectivity index (χ1) is 3.41. The molecular formula is C5H4O2. The number of hydrogen-bond donors (Lipinski definition) is 0. The largest absolute Gasteiger partial charge is 0.404 e. The molecule has 0 radical (unpaired) electrons. The van der Waals surface area contributed by atoms with E-state index in [0.717, 1.165) is 6.26 Å². The molecule has 0 heterocycles. The third-order valence-electron chi connectivity index (χ3n) is 0.268. The maximum atomic E-state index is 9.31. The number of ether oxygens (including phenoxy) is 1. The molecule has 2 heteroatoms. The lowest BCUT2D eigenvalue weighted by Gasteiger charge is -1.71. The first-order valence-electron chi connectivity index (χ1n) is 1.68. The Hall–Kier alpha value is -1.19. The van der Waals surface area contributed by atoms with Crippen LogP contribution in [0.3, 0.4) is 0 Å². The molecule has 36 valence electrons. The zero-order valence-electron chi connectivity index (χ0n) is 3.89. The van der Waals surface area contributed by atoms with Crippen LogP contribution in [0.2, 0.25) is 0 Å². The van der Waals surface area contributed by atoms with Gasteiger partial charge >= 0.3 is 0 Å². The number of hydrogen-bond acceptors (Lipinski definition) is 2. The summed E-state index contributed by atoms with van der Waals surface area (Å²) in [5.74, 6) is 3.82. The molecule has 0 saturated carbocycles. The van der Waals surface area contributed by atoms with Crippen LogP contribution in [-0.4, -0.2) is 5.94 Å². The van der Waals surface area contributed by atoms with Crippen molar-refractivity contribution in [2.24, 2.45) is 0 Å². The highest BCUT2D eigenvalue weighted by Gasteiger charge is 1.57. The molecule has 0 N–H and O–H groups in total. The lowest BCUT2D eigenvalue weighted by molar-refractivity contribution is 0.438. The molecule has 0 rings (SSSR count). The van der Waals surface area contributed by atoms with Crippen molar-refractivity contribution in [2.45, 2.75) is 6.92 Å². The Morgan fingerprint density at radius 3 is 2.86 bits per heavy atom. The lowest BCUT2D eigenvalue weighted by Crippen LogP contribution is -1.62. The van der Waals surface area contributed by atoms with Gasteiger partial charge < -0.3 is 4.74 Å². The van der Waals surface area contributed by atoms with Crippen LogP contribution in [0.15, 0.2) is 6.26 Å². The predicted octanol–water partition coefficient (Wildman–Crippen LogP) is 0.329.